The van der Waals surface area contributed by atoms with E-state index in [-0.39, 0.29) is 21.9 Å². The van der Waals surface area contributed by atoms with Gasteiger partial charge in [0.2, 0.25) is 11.8 Å². The summed E-state index contributed by atoms with van der Waals surface area (Å²) in [5.41, 5.74) is 11.3. The lowest BCUT2D eigenvalue weighted by Crippen LogP contribution is -2.45. The Morgan fingerprint density at radius 2 is 1.89 bits per heavy atom. The van der Waals surface area contributed by atoms with Gasteiger partial charge in [0.25, 0.3) is 0 Å². The molecule has 0 spiro atoms. The monoisotopic (exact) mass is 283 g/mol. The Kier molecular flexibility index (Phi) is 4.55. The average molecular weight is 284 g/mol. The lowest BCUT2D eigenvalue weighted by atomic mass is 9.87. The summed E-state index contributed by atoms with van der Waals surface area (Å²) in [6.07, 6.45) is 0. The van der Waals surface area contributed by atoms with Gasteiger partial charge in [0.15, 0.2) is 0 Å². The van der Waals surface area contributed by atoms with Crippen molar-refractivity contribution in [1.82, 2.24) is 0 Å². The van der Waals surface area contributed by atoms with Crippen molar-refractivity contribution < 1.29 is 9.59 Å². The smallest absolute Gasteiger partial charge is 0.250 e. The van der Waals surface area contributed by atoms with Gasteiger partial charge in [-0.05, 0) is 23.6 Å². The van der Waals surface area contributed by atoms with Crippen LogP contribution >= 0.6 is 11.6 Å². The fourth-order valence-electron chi connectivity index (χ4n) is 1.41. The first-order chi connectivity index (χ1) is 8.62. The third kappa shape index (κ3) is 3.94. The van der Waals surface area contributed by atoms with E-state index in [0.29, 0.717) is 5.69 Å². The molecule has 0 aliphatic carbocycles. The molecule has 6 heteroatoms. The van der Waals surface area contributed by atoms with Crippen molar-refractivity contribution in [3.8, 4) is 0 Å². The minimum Gasteiger partial charge on any atom is -0.366 e. The SMILES string of the molecule is CC(C)(C)C(N)C(=O)Nc1ccc(C(N)=O)c(Cl)c1. The van der Waals surface area contributed by atoms with E-state index in [1.165, 1.54) is 12.1 Å². The van der Waals surface area contributed by atoms with Gasteiger partial charge in [0, 0.05) is 5.69 Å². The van der Waals surface area contributed by atoms with Gasteiger partial charge in [0.1, 0.15) is 0 Å². The van der Waals surface area contributed by atoms with E-state index in [1.807, 2.05) is 20.8 Å². The molecular weight excluding hydrogens is 266 g/mol. The number of anilines is 1. The Morgan fingerprint density at radius 1 is 1.32 bits per heavy atom. The Hall–Kier alpha value is -1.59. The highest BCUT2D eigenvalue weighted by Crippen LogP contribution is 2.22. The number of primary amides is 1. The summed E-state index contributed by atoms with van der Waals surface area (Å²) < 4.78 is 0. The van der Waals surface area contributed by atoms with E-state index >= 15 is 0 Å². The minimum absolute atomic E-state index is 0.189. The molecule has 0 saturated carbocycles. The highest BCUT2D eigenvalue weighted by Gasteiger charge is 2.27. The molecule has 2 amide bonds. The first kappa shape index (κ1) is 15.5. The molecule has 1 rings (SSSR count). The Balaban J connectivity index is 2.87. The molecule has 19 heavy (non-hydrogen) atoms. The van der Waals surface area contributed by atoms with E-state index in [0.717, 1.165) is 0 Å². The summed E-state index contributed by atoms with van der Waals surface area (Å²) in [7, 11) is 0. The maximum Gasteiger partial charge on any atom is 0.250 e. The number of amides is 2. The van der Waals surface area contributed by atoms with Gasteiger partial charge < -0.3 is 16.8 Å². The van der Waals surface area contributed by atoms with Crippen molar-refractivity contribution in [3.05, 3.63) is 28.8 Å². The van der Waals surface area contributed by atoms with Crippen LogP contribution in [0.2, 0.25) is 5.02 Å². The summed E-state index contributed by atoms with van der Waals surface area (Å²) in [5.74, 6) is -0.926. The van der Waals surface area contributed by atoms with Crippen molar-refractivity contribution >= 4 is 29.1 Å². The standard InChI is InChI=1S/C13H18ClN3O2/c1-13(2,3)10(15)12(19)17-7-4-5-8(11(16)18)9(14)6-7/h4-6,10H,15H2,1-3H3,(H2,16,18)(H,17,19). The number of benzene rings is 1. The molecule has 1 aromatic rings. The van der Waals surface area contributed by atoms with Gasteiger partial charge in [-0.15, -0.1) is 0 Å². The van der Waals surface area contributed by atoms with Gasteiger partial charge in [-0.2, -0.15) is 0 Å². The van der Waals surface area contributed by atoms with Crippen LogP contribution in [0.1, 0.15) is 31.1 Å². The topological polar surface area (TPSA) is 98.2 Å². The molecular formula is C13H18ClN3O2. The van der Waals surface area contributed by atoms with Crippen LogP contribution < -0.4 is 16.8 Å². The second-order valence-electron chi connectivity index (χ2n) is 5.39. The lowest BCUT2D eigenvalue weighted by molar-refractivity contribution is -0.119. The van der Waals surface area contributed by atoms with Gasteiger partial charge in [0.05, 0.1) is 16.6 Å². The number of nitrogens with two attached hydrogens (primary N) is 2. The van der Waals surface area contributed by atoms with Crippen molar-refractivity contribution in [2.45, 2.75) is 26.8 Å². The first-order valence-corrected chi connectivity index (χ1v) is 6.16. The van der Waals surface area contributed by atoms with E-state index in [1.54, 1.807) is 6.07 Å². The Bertz CT molecular complexity index is 509. The molecule has 0 radical (unpaired) electrons. The number of carbonyl (C=O) groups is 2. The molecule has 1 unspecified atom stereocenters. The second kappa shape index (κ2) is 5.59. The second-order valence-corrected chi connectivity index (χ2v) is 5.80. The van der Waals surface area contributed by atoms with E-state index in [2.05, 4.69) is 5.32 Å². The fraction of sp³-hybridized carbons (Fsp3) is 0.385. The maximum atomic E-state index is 11.9. The summed E-state index contributed by atoms with van der Waals surface area (Å²) in [5, 5.41) is 2.84. The fourth-order valence-corrected chi connectivity index (χ4v) is 1.68. The molecule has 0 saturated heterocycles. The third-order valence-electron chi connectivity index (χ3n) is 2.72. The zero-order valence-electron chi connectivity index (χ0n) is 11.2. The summed E-state index contributed by atoms with van der Waals surface area (Å²) >= 11 is 5.89. The van der Waals surface area contributed by atoms with E-state index in [9.17, 15) is 9.59 Å². The van der Waals surface area contributed by atoms with Crippen molar-refractivity contribution in [2.24, 2.45) is 16.9 Å². The van der Waals surface area contributed by atoms with Gasteiger partial charge in [-0.1, -0.05) is 32.4 Å². The van der Waals surface area contributed by atoms with Crippen molar-refractivity contribution in [3.63, 3.8) is 0 Å². The highest BCUT2D eigenvalue weighted by atomic mass is 35.5. The van der Waals surface area contributed by atoms with Gasteiger partial charge in [-0.3, -0.25) is 9.59 Å². The molecule has 0 aliphatic heterocycles. The number of carbonyl (C=O) groups excluding carboxylic acids is 2. The molecule has 0 heterocycles. The zero-order chi connectivity index (χ0) is 14.8. The average Bonchev–Trinajstić information content (AvgIpc) is 2.26. The Morgan fingerprint density at radius 3 is 2.32 bits per heavy atom. The lowest BCUT2D eigenvalue weighted by Gasteiger charge is -2.25. The quantitative estimate of drug-likeness (QED) is 0.788. The summed E-state index contributed by atoms with van der Waals surface area (Å²) in [6.45, 7) is 5.63. The van der Waals surface area contributed by atoms with E-state index in [4.69, 9.17) is 23.1 Å². The van der Waals surface area contributed by atoms with Crippen LogP contribution in [-0.2, 0) is 4.79 Å². The molecule has 1 aromatic carbocycles. The largest absolute Gasteiger partial charge is 0.366 e. The van der Waals surface area contributed by atoms with Crippen LogP contribution in [0, 0.1) is 5.41 Å². The van der Waals surface area contributed by atoms with Crippen LogP contribution in [-0.4, -0.2) is 17.9 Å². The molecule has 5 nitrogen and oxygen atoms in total. The highest BCUT2D eigenvalue weighted by molar-refractivity contribution is 6.34. The number of hydrogen-bond acceptors (Lipinski definition) is 3. The number of hydrogen-bond donors (Lipinski definition) is 3. The number of nitrogens with one attached hydrogen (secondary N) is 1. The minimum atomic E-state index is -0.651. The van der Waals surface area contributed by atoms with Crippen LogP contribution in [0.15, 0.2) is 18.2 Å². The number of rotatable bonds is 3. The molecule has 1 atom stereocenters. The van der Waals surface area contributed by atoms with Crippen molar-refractivity contribution in [2.75, 3.05) is 5.32 Å². The zero-order valence-corrected chi connectivity index (χ0v) is 11.9. The van der Waals surface area contributed by atoms with Crippen LogP contribution in [0.3, 0.4) is 0 Å². The normalized spacial score (nSPS) is 12.9. The molecule has 0 aromatic heterocycles. The molecule has 0 fully saturated rings. The van der Waals surface area contributed by atoms with Gasteiger partial charge in [-0.25, -0.2) is 0 Å². The summed E-state index contributed by atoms with van der Waals surface area (Å²) in [4.78, 5) is 22.9. The maximum absolute atomic E-state index is 11.9. The van der Waals surface area contributed by atoms with Gasteiger partial charge >= 0.3 is 0 Å². The summed E-state index contributed by atoms with van der Waals surface area (Å²) in [6, 6.07) is 3.83. The predicted molar refractivity (Wildman–Crippen MR) is 76.0 cm³/mol. The van der Waals surface area contributed by atoms with Crippen LogP contribution in [0.25, 0.3) is 0 Å². The third-order valence-corrected chi connectivity index (χ3v) is 3.03. The number of halogens is 1. The molecule has 5 N–H and O–H groups in total. The van der Waals surface area contributed by atoms with Crippen molar-refractivity contribution in [1.29, 1.82) is 0 Å². The molecule has 0 aliphatic rings. The van der Waals surface area contributed by atoms with Crippen LogP contribution in [0.5, 0.6) is 0 Å². The predicted octanol–water partition coefficient (Wildman–Crippen LogP) is 1.75. The van der Waals surface area contributed by atoms with Crippen LogP contribution in [0.4, 0.5) is 5.69 Å². The van der Waals surface area contributed by atoms with E-state index < -0.39 is 11.9 Å². The first-order valence-electron chi connectivity index (χ1n) is 5.78. The molecule has 104 valence electrons. The molecule has 0 bridgehead atoms. The Labute approximate surface area is 117 Å².